The lowest BCUT2D eigenvalue weighted by Crippen LogP contribution is -2.50. The smallest absolute Gasteiger partial charge is 0.264 e. The molecule has 1 saturated heterocycles. The van der Waals surface area contributed by atoms with E-state index in [1.54, 1.807) is 54.6 Å². The van der Waals surface area contributed by atoms with Gasteiger partial charge in [-0.2, -0.15) is 0 Å². The standard InChI is InChI=1S/C28H31N3O4S/c32-28(29-19-22-11-5-6-12-23(22)20-30-17-9-2-10-18-30)27-21-31(25-15-7-8-16-26(25)35-27)36(33,34)24-13-3-1-4-14-24/h1,3-8,11-16,27H,2,9-10,17-21H2,(H,29,32)/t27-/m1/s1. The lowest BCUT2D eigenvalue weighted by Gasteiger charge is -2.34. The Morgan fingerprint density at radius 1 is 0.861 bits per heavy atom. The summed E-state index contributed by atoms with van der Waals surface area (Å²) in [6.07, 6.45) is 2.77. The van der Waals surface area contributed by atoms with Crippen molar-refractivity contribution in [3.8, 4) is 5.75 Å². The predicted molar refractivity (Wildman–Crippen MR) is 139 cm³/mol. The zero-order valence-corrected chi connectivity index (χ0v) is 21.0. The van der Waals surface area contributed by atoms with Crippen molar-refractivity contribution in [3.05, 3.63) is 90.0 Å². The number of rotatable bonds is 7. The van der Waals surface area contributed by atoms with E-state index in [0.717, 1.165) is 25.2 Å². The molecule has 1 atom stereocenters. The minimum absolute atomic E-state index is 0.102. The fourth-order valence-corrected chi connectivity index (χ4v) is 6.32. The van der Waals surface area contributed by atoms with Crippen LogP contribution in [0.15, 0.2) is 83.8 Å². The van der Waals surface area contributed by atoms with Gasteiger partial charge in [0.25, 0.3) is 15.9 Å². The van der Waals surface area contributed by atoms with E-state index < -0.39 is 16.1 Å². The normalized spacial score (nSPS) is 18.2. The van der Waals surface area contributed by atoms with Crippen LogP contribution < -0.4 is 14.4 Å². The van der Waals surface area contributed by atoms with Crippen molar-refractivity contribution in [2.24, 2.45) is 0 Å². The van der Waals surface area contributed by atoms with Gasteiger partial charge in [-0.05, 0) is 61.3 Å². The van der Waals surface area contributed by atoms with E-state index in [0.29, 0.717) is 18.0 Å². The fraction of sp³-hybridized carbons (Fsp3) is 0.321. The highest BCUT2D eigenvalue weighted by Gasteiger charge is 2.37. The minimum Gasteiger partial charge on any atom is -0.476 e. The Bertz CT molecular complexity index is 1310. The summed E-state index contributed by atoms with van der Waals surface area (Å²) >= 11 is 0. The van der Waals surface area contributed by atoms with Gasteiger partial charge >= 0.3 is 0 Å². The van der Waals surface area contributed by atoms with Crippen LogP contribution in [0.25, 0.3) is 0 Å². The highest BCUT2D eigenvalue weighted by Crippen LogP contribution is 2.36. The van der Waals surface area contributed by atoms with E-state index in [1.807, 2.05) is 18.2 Å². The van der Waals surface area contributed by atoms with E-state index in [-0.39, 0.29) is 17.3 Å². The number of para-hydroxylation sites is 2. The molecule has 188 valence electrons. The fourth-order valence-electron chi connectivity index (χ4n) is 4.82. The topological polar surface area (TPSA) is 79.0 Å². The Kier molecular flexibility index (Phi) is 7.25. The molecule has 0 unspecified atom stereocenters. The van der Waals surface area contributed by atoms with Gasteiger partial charge in [0, 0.05) is 13.1 Å². The van der Waals surface area contributed by atoms with Gasteiger partial charge in [-0.25, -0.2) is 8.42 Å². The Morgan fingerprint density at radius 2 is 1.53 bits per heavy atom. The number of carbonyl (C=O) groups is 1. The molecule has 36 heavy (non-hydrogen) atoms. The Morgan fingerprint density at radius 3 is 2.31 bits per heavy atom. The van der Waals surface area contributed by atoms with Crippen LogP contribution in [0, 0.1) is 0 Å². The molecule has 0 aliphatic carbocycles. The minimum atomic E-state index is -3.86. The van der Waals surface area contributed by atoms with E-state index in [2.05, 4.69) is 16.3 Å². The van der Waals surface area contributed by atoms with Crippen LogP contribution >= 0.6 is 0 Å². The molecular formula is C28H31N3O4S. The number of hydrogen-bond acceptors (Lipinski definition) is 5. The SMILES string of the molecule is O=C(NCc1ccccc1CN1CCCCC1)[C@H]1CN(S(=O)(=O)c2ccccc2)c2ccccc2O1. The van der Waals surface area contributed by atoms with E-state index in [4.69, 9.17) is 4.74 Å². The number of likely N-dealkylation sites (tertiary alicyclic amines) is 1. The Labute approximate surface area is 212 Å². The first kappa shape index (κ1) is 24.3. The first-order valence-corrected chi connectivity index (χ1v) is 13.9. The number of fused-ring (bicyclic) bond motifs is 1. The summed E-state index contributed by atoms with van der Waals surface area (Å²) in [5, 5.41) is 2.98. The summed E-state index contributed by atoms with van der Waals surface area (Å²) in [7, 11) is -3.86. The van der Waals surface area contributed by atoms with Crippen LogP contribution in [0.4, 0.5) is 5.69 Å². The first-order chi connectivity index (χ1) is 17.5. The molecule has 0 bridgehead atoms. The number of anilines is 1. The highest BCUT2D eigenvalue weighted by atomic mass is 32.2. The molecular weight excluding hydrogens is 474 g/mol. The average Bonchev–Trinajstić information content (AvgIpc) is 2.93. The van der Waals surface area contributed by atoms with Crippen molar-refractivity contribution >= 4 is 21.6 Å². The maximum atomic E-state index is 13.5. The number of amides is 1. The predicted octanol–water partition coefficient (Wildman–Crippen LogP) is 3.95. The van der Waals surface area contributed by atoms with Gasteiger partial charge < -0.3 is 10.1 Å². The van der Waals surface area contributed by atoms with Crippen molar-refractivity contribution in [1.29, 1.82) is 0 Å². The zero-order valence-electron chi connectivity index (χ0n) is 20.2. The molecule has 0 spiro atoms. The third-order valence-corrected chi connectivity index (χ3v) is 8.57. The van der Waals surface area contributed by atoms with Gasteiger partial charge in [0.15, 0.2) is 6.10 Å². The van der Waals surface area contributed by atoms with Gasteiger partial charge in [0.2, 0.25) is 0 Å². The van der Waals surface area contributed by atoms with Crippen molar-refractivity contribution < 1.29 is 17.9 Å². The monoisotopic (exact) mass is 505 g/mol. The second kappa shape index (κ2) is 10.7. The quantitative estimate of drug-likeness (QED) is 0.526. The molecule has 1 N–H and O–H groups in total. The summed E-state index contributed by atoms with van der Waals surface area (Å²) in [6.45, 7) is 3.32. The number of piperidine rings is 1. The molecule has 0 radical (unpaired) electrons. The largest absolute Gasteiger partial charge is 0.476 e. The molecule has 7 nitrogen and oxygen atoms in total. The van der Waals surface area contributed by atoms with Crippen LogP contribution in [0.1, 0.15) is 30.4 Å². The molecule has 3 aromatic carbocycles. The summed E-state index contributed by atoms with van der Waals surface area (Å²) in [5.74, 6) is 0.0273. The summed E-state index contributed by atoms with van der Waals surface area (Å²) < 4.78 is 34.2. The number of carbonyl (C=O) groups excluding carboxylic acids is 1. The van der Waals surface area contributed by atoms with Gasteiger partial charge in [0.05, 0.1) is 17.1 Å². The third-order valence-electron chi connectivity index (χ3n) is 6.77. The lowest BCUT2D eigenvalue weighted by molar-refractivity contribution is -0.127. The van der Waals surface area contributed by atoms with Gasteiger partial charge in [0.1, 0.15) is 5.75 Å². The molecule has 0 saturated carbocycles. The van der Waals surface area contributed by atoms with Crippen LogP contribution in [0.2, 0.25) is 0 Å². The molecule has 1 amide bonds. The number of sulfonamides is 1. The third kappa shape index (κ3) is 5.24. The number of nitrogens with one attached hydrogen (secondary N) is 1. The molecule has 3 aromatic rings. The Hall–Kier alpha value is -3.36. The van der Waals surface area contributed by atoms with Gasteiger partial charge in [-0.3, -0.25) is 14.0 Å². The summed E-state index contributed by atoms with van der Waals surface area (Å²) in [4.78, 5) is 15.9. The van der Waals surface area contributed by atoms with Crippen molar-refractivity contribution in [1.82, 2.24) is 10.2 Å². The summed E-state index contributed by atoms with van der Waals surface area (Å²) in [5.41, 5.74) is 2.68. The van der Waals surface area contributed by atoms with Crippen LogP contribution in [-0.4, -0.2) is 45.0 Å². The Balaban J connectivity index is 1.32. The van der Waals surface area contributed by atoms with Crippen molar-refractivity contribution in [2.75, 3.05) is 23.9 Å². The van der Waals surface area contributed by atoms with E-state index >= 15 is 0 Å². The molecule has 5 rings (SSSR count). The molecule has 2 aliphatic rings. The van der Waals surface area contributed by atoms with Crippen molar-refractivity contribution in [3.63, 3.8) is 0 Å². The lowest BCUT2D eigenvalue weighted by atomic mass is 10.0. The molecule has 2 heterocycles. The number of ether oxygens (including phenoxy) is 1. The van der Waals surface area contributed by atoms with Gasteiger partial charge in [-0.15, -0.1) is 0 Å². The highest BCUT2D eigenvalue weighted by molar-refractivity contribution is 7.92. The maximum absolute atomic E-state index is 13.5. The van der Waals surface area contributed by atoms with Crippen LogP contribution in [-0.2, 0) is 27.9 Å². The van der Waals surface area contributed by atoms with Crippen LogP contribution in [0.5, 0.6) is 5.75 Å². The van der Waals surface area contributed by atoms with Crippen LogP contribution in [0.3, 0.4) is 0 Å². The van der Waals surface area contributed by atoms with Crippen molar-refractivity contribution in [2.45, 2.75) is 43.4 Å². The zero-order chi connectivity index (χ0) is 25.0. The summed E-state index contributed by atoms with van der Waals surface area (Å²) in [6, 6.07) is 23.3. The molecule has 2 aliphatic heterocycles. The molecule has 0 aromatic heterocycles. The maximum Gasteiger partial charge on any atom is 0.264 e. The van der Waals surface area contributed by atoms with E-state index in [9.17, 15) is 13.2 Å². The first-order valence-electron chi connectivity index (χ1n) is 12.4. The molecule has 8 heteroatoms. The second-order valence-corrected chi connectivity index (χ2v) is 11.1. The molecule has 1 fully saturated rings. The second-order valence-electron chi connectivity index (χ2n) is 9.25. The van der Waals surface area contributed by atoms with E-state index in [1.165, 1.54) is 29.1 Å². The number of nitrogens with zero attached hydrogens (tertiary/aromatic N) is 2. The average molecular weight is 506 g/mol. The number of benzene rings is 3. The van der Waals surface area contributed by atoms with Gasteiger partial charge in [-0.1, -0.05) is 61.0 Å². The number of hydrogen-bond donors (Lipinski definition) is 1.